The molecule has 0 saturated heterocycles. The first kappa shape index (κ1) is 18.0. The topological polar surface area (TPSA) is 15.3 Å². The average molecular weight is 283 g/mol. The third-order valence-corrected chi connectivity index (χ3v) is 4.87. The first-order chi connectivity index (χ1) is 9.77. The summed E-state index contributed by atoms with van der Waals surface area (Å²) in [5.41, 5.74) is 0. The van der Waals surface area contributed by atoms with Crippen LogP contribution >= 0.6 is 0 Å². The molecule has 0 heterocycles. The van der Waals surface area contributed by atoms with E-state index < -0.39 is 0 Å². The molecule has 1 saturated carbocycles. The van der Waals surface area contributed by atoms with Crippen molar-refractivity contribution in [3.63, 3.8) is 0 Å². The lowest BCUT2D eigenvalue weighted by Crippen LogP contribution is -2.41. The van der Waals surface area contributed by atoms with Crippen LogP contribution in [0.4, 0.5) is 0 Å². The molecule has 1 aliphatic rings. The maximum absolute atomic E-state index is 3.68. The van der Waals surface area contributed by atoms with Crippen molar-refractivity contribution in [2.75, 3.05) is 20.1 Å². The molecule has 0 bridgehead atoms. The van der Waals surface area contributed by atoms with Gasteiger partial charge in [0.25, 0.3) is 0 Å². The Morgan fingerprint density at radius 2 is 1.50 bits per heavy atom. The van der Waals surface area contributed by atoms with Gasteiger partial charge in [0.15, 0.2) is 0 Å². The van der Waals surface area contributed by atoms with Crippen LogP contribution in [0.3, 0.4) is 0 Å². The lowest BCUT2D eigenvalue weighted by Gasteiger charge is -2.35. The van der Waals surface area contributed by atoms with Crippen molar-refractivity contribution in [3.8, 4) is 0 Å². The maximum atomic E-state index is 3.68. The molecule has 0 aromatic carbocycles. The van der Waals surface area contributed by atoms with Crippen LogP contribution in [-0.2, 0) is 0 Å². The number of hydrogen-bond donors (Lipinski definition) is 1. The van der Waals surface area contributed by atoms with E-state index in [9.17, 15) is 0 Å². The second-order valence-electron chi connectivity index (χ2n) is 6.71. The minimum atomic E-state index is 0.800. The predicted octanol–water partition coefficient (Wildman–Crippen LogP) is 4.59. The monoisotopic (exact) mass is 282 g/mol. The summed E-state index contributed by atoms with van der Waals surface area (Å²) in [5.74, 6) is 0. The van der Waals surface area contributed by atoms with Gasteiger partial charge in [0, 0.05) is 12.1 Å². The van der Waals surface area contributed by atoms with Crippen molar-refractivity contribution < 1.29 is 0 Å². The fourth-order valence-electron chi connectivity index (χ4n) is 3.39. The number of nitrogens with one attached hydrogen (secondary N) is 1. The maximum Gasteiger partial charge on any atom is 0.00933 e. The van der Waals surface area contributed by atoms with Crippen LogP contribution in [0.1, 0.15) is 84.5 Å². The highest BCUT2D eigenvalue weighted by Crippen LogP contribution is 2.22. The summed E-state index contributed by atoms with van der Waals surface area (Å²) in [6.07, 6.45) is 15.3. The van der Waals surface area contributed by atoms with E-state index >= 15 is 0 Å². The summed E-state index contributed by atoms with van der Waals surface area (Å²) in [5, 5.41) is 3.68. The van der Waals surface area contributed by atoms with Crippen molar-refractivity contribution in [1.82, 2.24) is 10.2 Å². The van der Waals surface area contributed by atoms with Gasteiger partial charge in [0.2, 0.25) is 0 Å². The Morgan fingerprint density at radius 3 is 2.15 bits per heavy atom. The molecule has 0 radical (unpaired) electrons. The van der Waals surface area contributed by atoms with Crippen LogP contribution in [0, 0.1) is 0 Å². The van der Waals surface area contributed by atoms with Crippen LogP contribution < -0.4 is 5.32 Å². The summed E-state index contributed by atoms with van der Waals surface area (Å²) >= 11 is 0. The van der Waals surface area contributed by atoms with Crippen LogP contribution in [0.25, 0.3) is 0 Å². The zero-order valence-electron chi connectivity index (χ0n) is 14.3. The molecule has 20 heavy (non-hydrogen) atoms. The van der Waals surface area contributed by atoms with E-state index in [1.807, 2.05) is 0 Å². The predicted molar refractivity (Wildman–Crippen MR) is 90.3 cm³/mol. The molecule has 0 amide bonds. The molecule has 2 heteroatoms. The third-order valence-electron chi connectivity index (χ3n) is 4.87. The van der Waals surface area contributed by atoms with Gasteiger partial charge in [0.1, 0.15) is 0 Å². The lowest BCUT2D eigenvalue weighted by atomic mass is 9.90. The van der Waals surface area contributed by atoms with Crippen LogP contribution in [-0.4, -0.2) is 37.1 Å². The summed E-state index contributed by atoms with van der Waals surface area (Å²) < 4.78 is 0. The second-order valence-corrected chi connectivity index (χ2v) is 6.71. The zero-order chi connectivity index (χ0) is 14.6. The van der Waals surface area contributed by atoms with Gasteiger partial charge in [-0.1, -0.05) is 46.0 Å². The lowest BCUT2D eigenvalue weighted by molar-refractivity contribution is 0.171. The number of nitrogens with zero attached hydrogens (tertiary/aromatic N) is 1. The normalized spacial score (nSPS) is 23.4. The van der Waals surface area contributed by atoms with Crippen LogP contribution in [0.5, 0.6) is 0 Å². The fraction of sp³-hybridized carbons (Fsp3) is 1.00. The van der Waals surface area contributed by atoms with Crippen molar-refractivity contribution in [2.45, 2.75) is 96.6 Å². The van der Waals surface area contributed by atoms with E-state index in [4.69, 9.17) is 0 Å². The van der Waals surface area contributed by atoms with Gasteiger partial charge in [-0.25, -0.2) is 0 Å². The largest absolute Gasteiger partial charge is 0.314 e. The molecule has 2 nitrogen and oxygen atoms in total. The van der Waals surface area contributed by atoms with Gasteiger partial charge in [-0.2, -0.15) is 0 Å². The van der Waals surface area contributed by atoms with Gasteiger partial charge in [-0.05, 0) is 58.7 Å². The van der Waals surface area contributed by atoms with Gasteiger partial charge >= 0.3 is 0 Å². The highest BCUT2D eigenvalue weighted by molar-refractivity contribution is 4.81. The first-order valence-electron chi connectivity index (χ1n) is 9.21. The summed E-state index contributed by atoms with van der Waals surface area (Å²) in [6.45, 7) is 7.05. The van der Waals surface area contributed by atoms with Gasteiger partial charge in [-0.15, -0.1) is 0 Å². The molecule has 0 aromatic heterocycles. The van der Waals surface area contributed by atoms with Crippen molar-refractivity contribution in [2.24, 2.45) is 0 Å². The molecule has 1 fully saturated rings. The first-order valence-corrected chi connectivity index (χ1v) is 9.21. The van der Waals surface area contributed by atoms with Crippen LogP contribution in [0.15, 0.2) is 0 Å². The van der Waals surface area contributed by atoms with E-state index in [-0.39, 0.29) is 0 Å². The highest BCUT2D eigenvalue weighted by atomic mass is 15.1. The Bertz CT molecular complexity index is 209. The Balaban J connectivity index is 2.02. The molecule has 1 N–H and O–H groups in total. The molecular weight excluding hydrogens is 244 g/mol. The Morgan fingerprint density at radius 1 is 0.850 bits per heavy atom. The number of hydrogen-bond acceptors (Lipinski definition) is 2. The van der Waals surface area contributed by atoms with E-state index in [2.05, 4.69) is 31.1 Å². The second kappa shape index (κ2) is 11.6. The van der Waals surface area contributed by atoms with E-state index in [0.29, 0.717) is 0 Å². The van der Waals surface area contributed by atoms with Gasteiger partial charge in [0.05, 0.1) is 0 Å². The van der Waals surface area contributed by atoms with E-state index in [0.717, 1.165) is 12.1 Å². The smallest absolute Gasteiger partial charge is 0.00933 e. The average Bonchev–Trinajstić information content (AvgIpc) is 2.49. The standard InChI is InChI=1S/C18H38N2/c1-4-6-7-8-9-10-16-20(3)18-13-11-17(12-14-18)19-15-5-2/h17-19H,4-16H2,1-3H3. The third kappa shape index (κ3) is 7.64. The summed E-state index contributed by atoms with van der Waals surface area (Å²) in [4.78, 5) is 2.63. The molecule has 1 aliphatic carbocycles. The SMILES string of the molecule is CCCCCCCCN(C)C1CCC(NCCC)CC1. The van der Waals surface area contributed by atoms with E-state index in [1.165, 1.54) is 83.7 Å². The Labute approximate surface area is 127 Å². The van der Waals surface area contributed by atoms with Crippen molar-refractivity contribution >= 4 is 0 Å². The molecule has 0 aromatic rings. The molecule has 0 atom stereocenters. The molecular formula is C18H38N2. The highest BCUT2D eigenvalue weighted by Gasteiger charge is 2.22. The molecule has 0 aliphatic heterocycles. The summed E-state index contributed by atoms with van der Waals surface area (Å²) in [7, 11) is 2.34. The van der Waals surface area contributed by atoms with Crippen LogP contribution in [0.2, 0.25) is 0 Å². The van der Waals surface area contributed by atoms with Crippen molar-refractivity contribution in [1.29, 1.82) is 0 Å². The Hall–Kier alpha value is -0.0800. The summed E-state index contributed by atoms with van der Waals surface area (Å²) in [6, 6.07) is 1.65. The molecule has 0 spiro atoms. The minimum Gasteiger partial charge on any atom is -0.314 e. The van der Waals surface area contributed by atoms with Gasteiger partial charge < -0.3 is 10.2 Å². The zero-order valence-corrected chi connectivity index (χ0v) is 14.3. The molecule has 120 valence electrons. The fourth-order valence-corrected chi connectivity index (χ4v) is 3.39. The minimum absolute atomic E-state index is 0.800. The Kier molecular flexibility index (Phi) is 10.4. The van der Waals surface area contributed by atoms with Crippen molar-refractivity contribution in [3.05, 3.63) is 0 Å². The van der Waals surface area contributed by atoms with Gasteiger partial charge in [-0.3, -0.25) is 0 Å². The van der Waals surface area contributed by atoms with E-state index in [1.54, 1.807) is 0 Å². The quantitative estimate of drug-likeness (QED) is 0.558. The molecule has 1 rings (SSSR count). The number of unbranched alkanes of at least 4 members (excludes halogenated alkanes) is 5. The number of rotatable bonds is 11. The molecule has 0 unspecified atom stereocenters.